The lowest BCUT2D eigenvalue weighted by Gasteiger charge is -2.11. The first-order chi connectivity index (χ1) is 9.02. The van der Waals surface area contributed by atoms with Crippen LogP contribution in [0.25, 0.3) is 11.1 Å². The molecule has 2 rings (SSSR count). The number of carbonyl (C=O) groups excluding carboxylic acids is 1. The van der Waals surface area contributed by atoms with Crippen LogP contribution in [0.3, 0.4) is 0 Å². The van der Waals surface area contributed by atoms with Crippen molar-refractivity contribution in [1.82, 2.24) is 0 Å². The Bertz CT molecular complexity index is 638. The molecular formula is C14H8Cl4O. The van der Waals surface area contributed by atoms with E-state index in [-0.39, 0.29) is 6.42 Å². The molecule has 0 unspecified atom stereocenters. The van der Waals surface area contributed by atoms with Gasteiger partial charge in [0.25, 0.3) is 0 Å². The first kappa shape index (κ1) is 14.7. The van der Waals surface area contributed by atoms with Crippen molar-refractivity contribution in [2.24, 2.45) is 0 Å². The summed E-state index contributed by atoms with van der Waals surface area (Å²) in [5, 5.41) is 1.84. The van der Waals surface area contributed by atoms with Crippen LogP contribution in [0.1, 0.15) is 5.56 Å². The normalized spacial score (nSPS) is 10.5. The molecule has 0 heterocycles. The molecule has 0 aliphatic carbocycles. The van der Waals surface area contributed by atoms with Crippen LogP contribution < -0.4 is 0 Å². The van der Waals surface area contributed by atoms with Gasteiger partial charge in [-0.2, -0.15) is 0 Å². The number of hydrogen-bond donors (Lipinski definition) is 0. The van der Waals surface area contributed by atoms with Crippen LogP contribution in [0.15, 0.2) is 30.3 Å². The number of carbonyl (C=O) groups is 1. The second kappa shape index (κ2) is 6.15. The first-order valence-electron chi connectivity index (χ1n) is 5.40. The highest BCUT2D eigenvalue weighted by atomic mass is 35.5. The van der Waals surface area contributed by atoms with E-state index in [0.717, 1.165) is 23.0 Å². The minimum Gasteiger partial charge on any atom is -0.303 e. The lowest BCUT2D eigenvalue weighted by molar-refractivity contribution is -0.107. The van der Waals surface area contributed by atoms with Crippen molar-refractivity contribution in [3.8, 4) is 11.1 Å². The van der Waals surface area contributed by atoms with Gasteiger partial charge in [0.05, 0.1) is 10.0 Å². The fourth-order valence-electron chi connectivity index (χ4n) is 1.81. The Morgan fingerprint density at radius 2 is 1.53 bits per heavy atom. The molecule has 0 radical (unpaired) electrons. The van der Waals surface area contributed by atoms with Crippen LogP contribution in [-0.4, -0.2) is 6.29 Å². The monoisotopic (exact) mass is 332 g/mol. The molecule has 0 aromatic heterocycles. The van der Waals surface area contributed by atoms with Crippen molar-refractivity contribution in [3.63, 3.8) is 0 Å². The maximum Gasteiger partial charge on any atom is 0.124 e. The van der Waals surface area contributed by atoms with E-state index in [1.165, 1.54) is 0 Å². The van der Waals surface area contributed by atoms with Crippen LogP contribution in [0, 0.1) is 0 Å². The van der Waals surface area contributed by atoms with E-state index in [1.807, 2.05) is 6.07 Å². The second-order valence-electron chi connectivity index (χ2n) is 3.92. The predicted molar refractivity (Wildman–Crippen MR) is 81.7 cm³/mol. The van der Waals surface area contributed by atoms with E-state index in [9.17, 15) is 4.79 Å². The molecule has 2 aromatic carbocycles. The van der Waals surface area contributed by atoms with Gasteiger partial charge in [-0.3, -0.25) is 0 Å². The smallest absolute Gasteiger partial charge is 0.124 e. The molecule has 0 spiro atoms. The Morgan fingerprint density at radius 1 is 0.842 bits per heavy atom. The SMILES string of the molecule is O=CCc1cc(Cl)ccc1-c1cc(Cl)c(Cl)cc1Cl. The van der Waals surface area contributed by atoms with E-state index in [2.05, 4.69) is 0 Å². The average Bonchev–Trinajstić information content (AvgIpc) is 2.35. The topological polar surface area (TPSA) is 17.1 Å². The first-order valence-corrected chi connectivity index (χ1v) is 6.91. The minimum absolute atomic E-state index is 0.256. The van der Waals surface area contributed by atoms with Gasteiger partial charge >= 0.3 is 0 Å². The van der Waals surface area contributed by atoms with Gasteiger partial charge in [0, 0.05) is 22.0 Å². The average molecular weight is 334 g/mol. The second-order valence-corrected chi connectivity index (χ2v) is 5.58. The zero-order valence-corrected chi connectivity index (χ0v) is 12.6. The fourth-order valence-corrected chi connectivity index (χ4v) is 2.66. The van der Waals surface area contributed by atoms with Crippen LogP contribution in [-0.2, 0) is 11.2 Å². The summed E-state index contributed by atoms with van der Waals surface area (Å²) in [5.74, 6) is 0. The fraction of sp³-hybridized carbons (Fsp3) is 0.0714. The predicted octanol–water partition coefficient (Wildman–Crippen LogP) is 5.71. The quantitative estimate of drug-likeness (QED) is 0.519. The Morgan fingerprint density at radius 3 is 2.21 bits per heavy atom. The summed E-state index contributed by atoms with van der Waals surface area (Å²) in [6, 6.07) is 8.56. The summed E-state index contributed by atoms with van der Waals surface area (Å²) in [4.78, 5) is 10.8. The molecule has 0 bridgehead atoms. The van der Waals surface area contributed by atoms with Gasteiger partial charge in [-0.05, 0) is 35.4 Å². The molecule has 0 saturated carbocycles. The minimum atomic E-state index is 0.256. The van der Waals surface area contributed by atoms with E-state index in [0.29, 0.717) is 20.1 Å². The molecule has 2 aromatic rings. The molecular weight excluding hydrogens is 326 g/mol. The molecule has 0 atom stereocenters. The van der Waals surface area contributed by atoms with Gasteiger partial charge in [-0.1, -0.05) is 52.5 Å². The summed E-state index contributed by atoms with van der Waals surface area (Å²) >= 11 is 24.0. The van der Waals surface area contributed by atoms with E-state index in [1.54, 1.807) is 24.3 Å². The van der Waals surface area contributed by atoms with E-state index >= 15 is 0 Å². The Balaban J connectivity index is 2.64. The lowest BCUT2D eigenvalue weighted by Crippen LogP contribution is -1.92. The van der Waals surface area contributed by atoms with Crippen molar-refractivity contribution >= 4 is 52.7 Å². The Kier molecular flexibility index (Phi) is 4.75. The van der Waals surface area contributed by atoms with Crippen LogP contribution in [0.4, 0.5) is 0 Å². The maximum absolute atomic E-state index is 10.8. The molecule has 0 saturated heterocycles. The number of aldehydes is 1. The standard InChI is InChI=1S/C14H8Cl4O/c15-9-1-2-10(8(5-9)3-4-19)11-6-13(17)14(18)7-12(11)16/h1-2,4-7H,3H2. The zero-order valence-electron chi connectivity index (χ0n) is 9.59. The van der Waals surface area contributed by atoms with Gasteiger partial charge in [0.15, 0.2) is 0 Å². The van der Waals surface area contributed by atoms with Crippen LogP contribution >= 0.6 is 46.4 Å². The van der Waals surface area contributed by atoms with Crippen molar-refractivity contribution in [2.75, 3.05) is 0 Å². The largest absolute Gasteiger partial charge is 0.303 e. The van der Waals surface area contributed by atoms with Gasteiger partial charge in [-0.25, -0.2) is 0 Å². The Hall–Kier alpha value is -0.730. The number of benzene rings is 2. The highest BCUT2D eigenvalue weighted by Crippen LogP contribution is 2.37. The van der Waals surface area contributed by atoms with E-state index < -0.39 is 0 Å². The molecule has 0 N–H and O–H groups in total. The molecule has 98 valence electrons. The third-order valence-corrected chi connectivity index (χ3v) is 3.94. The molecule has 0 fully saturated rings. The van der Waals surface area contributed by atoms with Gasteiger partial charge in [0.1, 0.15) is 6.29 Å². The summed E-state index contributed by atoms with van der Waals surface area (Å²) < 4.78 is 0. The molecule has 19 heavy (non-hydrogen) atoms. The number of hydrogen-bond acceptors (Lipinski definition) is 1. The van der Waals surface area contributed by atoms with E-state index in [4.69, 9.17) is 46.4 Å². The van der Waals surface area contributed by atoms with Crippen molar-refractivity contribution in [1.29, 1.82) is 0 Å². The van der Waals surface area contributed by atoms with Crippen LogP contribution in [0.5, 0.6) is 0 Å². The van der Waals surface area contributed by atoms with Gasteiger partial charge in [0.2, 0.25) is 0 Å². The summed E-state index contributed by atoms with van der Waals surface area (Å²) in [7, 11) is 0. The number of rotatable bonds is 3. The van der Waals surface area contributed by atoms with Crippen molar-refractivity contribution in [3.05, 3.63) is 56.0 Å². The lowest BCUT2D eigenvalue weighted by atomic mass is 9.98. The molecule has 1 nitrogen and oxygen atoms in total. The third-order valence-electron chi connectivity index (χ3n) is 2.67. The van der Waals surface area contributed by atoms with Gasteiger partial charge in [-0.15, -0.1) is 0 Å². The summed E-state index contributed by atoms with van der Waals surface area (Å²) in [5.41, 5.74) is 2.34. The maximum atomic E-state index is 10.8. The third kappa shape index (κ3) is 3.24. The summed E-state index contributed by atoms with van der Waals surface area (Å²) in [6.07, 6.45) is 1.08. The summed E-state index contributed by atoms with van der Waals surface area (Å²) in [6.45, 7) is 0. The highest BCUT2D eigenvalue weighted by molar-refractivity contribution is 6.44. The molecule has 0 amide bonds. The highest BCUT2D eigenvalue weighted by Gasteiger charge is 2.12. The van der Waals surface area contributed by atoms with Crippen molar-refractivity contribution < 1.29 is 4.79 Å². The van der Waals surface area contributed by atoms with Crippen LogP contribution in [0.2, 0.25) is 20.1 Å². The number of halogens is 4. The molecule has 0 aliphatic rings. The zero-order chi connectivity index (χ0) is 14.0. The van der Waals surface area contributed by atoms with Crippen molar-refractivity contribution in [2.45, 2.75) is 6.42 Å². The molecule has 0 aliphatic heterocycles. The Labute approximate surface area is 131 Å². The van der Waals surface area contributed by atoms with Gasteiger partial charge < -0.3 is 4.79 Å². The molecule has 5 heteroatoms.